The van der Waals surface area contributed by atoms with Crippen molar-refractivity contribution in [2.75, 3.05) is 13.7 Å². The Hall–Kier alpha value is -2.94. The monoisotopic (exact) mass is 528 g/mol. The lowest BCUT2D eigenvalue weighted by atomic mass is 10.1. The molecule has 3 rings (SSSR count). The van der Waals surface area contributed by atoms with Gasteiger partial charge in [-0.25, -0.2) is 13.1 Å². The van der Waals surface area contributed by atoms with Gasteiger partial charge in [0, 0.05) is 23.1 Å². The first-order valence-corrected chi connectivity index (χ1v) is 12.5. The summed E-state index contributed by atoms with van der Waals surface area (Å²) in [6.07, 6.45) is 3.52. The maximum atomic E-state index is 12.9. The molecule has 8 heteroatoms. The van der Waals surface area contributed by atoms with Gasteiger partial charge in [0.05, 0.1) is 12.0 Å². The minimum atomic E-state index is -3.76. The van der Waals surface area contributed by atoms with Crippen molar-refractivity contribution < 1.29 is 17.9 Å². The minimum absolute atomic E-state index is 0.131. The zero-order valence-corrected chi connectivity index (χ0v) is 20.5. The number of sulfonamides is 1. The molecule has 2 N–H and O–H groups in total. The lowest BCUT2D eigenvalue weighted by Crippen LogP contribution is -2.44. The molecule has 0 aliphatic rings. The zero-order chi connectivity index (χ0) is 23.7. The fourth-order valence-corrected chi connectivity index (χ4v) is 4.66. The average molecular weight is 529 g/mol. The van der Waals surface area contributed by atoms with E-state index in [4.69, 9.17) is 4.74 Å². The molecule has 0 saturated carbocycles. The van der Waals surface area contributed by atoms with Crippen LogP contribution >= 0.6 is 15.9 Å². The fourth-order valence-electron chi connectivity index (χ4n) is 3.16. The van der Waals surface area contributed by atoms with E-state index in [1.54, 1.807) is 25.3 Å². The molecule has 0 saturated heterocycles. The predicted octanol–water partition coefficient (Wildman–Crippen LogP) is 4.18. The maximum Gasteiger partial charge on any atom is 0.244 e. The number of hydrogen-bond acceptors (Lipinski definition) is 4. The number of amides is 1. The van der Waals surface area contributed by atoms with Crippen molar-refractivity contribution in [3.63, 3.8) is 0 Å². The third-order valence-corrected chi connectivity index (χ3v) is 6.88. The third-order valence-electron chi connectivity index (χ3n) is 4.81. The van der Waals surface area contributed by atoms with Crippen molar-refractivity contribution in [1.29, 1.82) is 0 Å². The minimum Gasteiger partial charge on any atom is -0.497 e. The van der Waals surface area contributed by atoms with Crippen LogP contribution in [-0.4, -0.2) is 34.0 Å². The number of carbonyl (C=O) groups is 1. The molecule has 6 nitrogen and oxygen atoms in total. The Balaban J connectivity index is 1.69. The summed E-state index contributed by atoms with van der Waals surface area (Å²) >= 11 is 3.31. The second-order valence-electron chi connectivity index (χ2n) is 7.32. The summed E-state index contributed by atoms with van der Waals surface area (Å²) in [5.41, 5.74) is 1.78. The van der Waals surface area contributed by atoms with Gasteiger partial charge >= 0.3 is 0 Å². The van der Waals surface area contributed by atoms with Crippen molar-refractivity contribution in [2.24, 2.45) is 0 Å². The summed E-state index contributed by atoms with van der Waals surface area (Å²) in [6, 6.07) is 22.7. The van der Waals surface area contributed by atoms with E-state index in [0.717, 1.165) is 15.6 Å². The topological polar surface area (TPSA) is 84.5 Å². The zero-order valence-electron chi connectivity index (χ0n) is 18.1. The van der Waals surface area contributed by atoms with E-state index >= 15 is 0 Å². The highest BCUT2D eigenvalue weighted by molar-refractivity contribution is 9.10. The molecule has 0 unspecified atom stereocenters. The van der Waals surface area contributed by atoms with Crippen LogP contribution in [0.3, 0.4) is 0 Å². The van der Waals surface area contributed by atoms with Gasteiger partial charge in [0.1, 0.15) is 5.75 Å². The molecule has 0 fully saturated rings. The Morgan fingerprint density at radius 3 is 2.45 bits per heavy atom. The lowest BCUT2D eigenvalue weighted by molar-refractivity contribution is -0.116. The van der Waals surface area contributed by atoms with Crippen molar-refractivity contribution in [3.05, 3.63) is 101 Å². The molecule has 0 aliphatic carbocycles. The van der Waals surface area contributed by atoms with Gasteiger partial charge in [-0.1, -0.05) is 58.4 Å². The summed E-state index contributed by atoms with van der Waals surface area (Å²) in [5.74, 6) is 0.376. The second-order valence-corrected chi connectivity index (χ2v) is 9.95. The number of methoxy groups -OCH3 is 1. The third kappa shape index (κ3) is 7.85. The maximum absolute atomic E-state index is 12.9. The van der Waals surface area contributed by atoms with Crippen molar-refractivity contribution >= 4 is 37.9 Å². The molecule has 0 aromatic heterocycles. The molecule has 172 valence electrons. The quantitative estimate of drug-likeness (QED) is 0.386. The van der Waals surface area contributed by atoms with Gasteiger partial charge in [-0.05, 0) is 60.0 Å². The first-order chi connectivity index (χ1) is 15.9. The van der Waals surface area contributed by atoms with Gasteiger partial charge in [-0.3, -0.25) is 4.79 Å². The lowest BCUT2D eigenvalue weighted by Gasteiger charge is -2.19. The van der Waals surface area contributed by atoms with Gasteiger partial charge in [-0.2, -0.15) is 0 Å². The Labute approximate surface area is 202 Å². The largest absolute Gasteiger partial charge is 0.497 e. The molecule has 0 radical (unpaired) electrons. The molecule has 0 aliphatic heterocycles. The predicted molar refractivity (Wildman–Crippen MR) is 133 cm³/mol. The SMILES string of the molecule is COc1cccc(/C=C/C(=O)NC[C@@H](Cc2ccccc2)NS(=O)(=O)c2ccc(Br)cc2)c1. The summed E-state index contributed by atoms with van der Waals surface area (Å²) in [5, 5.41) is 2.79. The fraction of sp³-hybridized carbons (Fsp3) is 0.160. The van der Waals surface area contributed by atoms with Crippen LogP contribution < -0.4 is 14.8 Å². The van der Waals surface area contributed by atoms with E-state index in [2.05, 4.69) is 26.0 Å². The summed E-state index contributed by atoms with van der Waals surface area (Å²) in [6.45, 7) is 0.131. The number of nitrogens with one attached hydrogen (secondary N) is 2. The molecule has 0 bridgehead atoms. The summed E-state index contributed by atoms with van der Waals surface area (Å²) < 4.78 is 34.5. The Bertz CT molecular complexity index is 1200. The van der Waals surface area contributed by atoms with Crippen molar-refractivity contribution in [1.82, 2.24) is 10.0 Å². The van der Waals surface area contributed by atoms with Crippen LogP contribution in [0.4, 0.5) is 0 Å². The Kier molecular flexibility index (Phi) is 8.82. The van der Waals surface area contributed by atoms with Crippen molar-refractivity contribution in [2.45, 2.75) is 17.4 Å². The number of ether oxygens (including phenoxy) is 1. The molecule has 3 aromatic rings. The number of halogens is 1. The normalized spacial score (nSPS) is 12.4. The van der Waals surface area contributed by atoms with Crippen LogP contribution in [0, 0.1) is 0 Å². The van der Waals surface area contributed by atoms with Crippen LogP contribution in [0.25, 0.3) is 6.08 Å². The number of rotatable bonds is 10. The highest BCUT2D eigenvalue weighted by Crippen LogP contribution is 2.16. The molecule has 3 aromatic carbocycles. The molecular formula is C25H25BrN2O4S. The van der Waals surface area contributed by atoms with Crippen LogP contribution in [-0.2, 0) is 21.2 Å². The highest BCUT2D eigenvalue weighted by Gasteiger charge is 2.21. The van der Waals surface area contributed by atoms with Crippen LogP contribution in [0.2, 0.25) is 0 Å². The van der Waals surface area contributed by atoms with E-state index in [9.17, 15) is 13.2 Å². The number of benzene rings is 3. The van der Waals surface area contributed by atoms with Gasteiger partial charge in [0.25, 0.3) is 0 Å². The first-order valence-electron chi connectivity index (χ1n) is 10.3. The van der Waals surface area contributed by atoms with Crippen LogP contribution in [0.1, 0.15) is 11.1 Å². The Morgan fingerprint density at radius 2 is 1.76 bits per heavy atom. The van der Waals surface area contributed by atoms with Gasteiger partial charge in [0.15, 0.2) is 0 Å². The smallest absolute Gasteiger partial charge is 0.244 e. The molecule has 0 spiro atoms. The standard InChI is InChI=1S/C25H25BrN2O4S/c1-32-23-9-5-8-20(17-23)10-15-25(29)27-18-22(16-19-6-3-2-4-7-19)28-33(30,31)24-13-11-21(26)12-14-24/h2-15,17,22,28H,16,18H2,1H3,(H,27,29)/b15-10+/t22-/m1/s1. The highest BCUT2D eigenvalue weighted by atomic mass is 79.9. The van der Waals surface area contributed by atoms with Crippen LogP contribution in [0.15, 0.2) is 94.3 Å². The molecule has 33 heavy (non-hydrogen) atoms. The summed E-state index contributed by atoms with van der Waals surface area (Å²) in [7, 11) is -2.18. The first kappa shape index (κ1) is 24.7. The van der Waals surface area contributed by atoms with Gasteiger partial charge < -0.3 is 10.1 Å². The molecule has 0 heterocycles. The molecule has 1 atom stereocenters. The second kappa shape index (κ2) is 11.8. The average Bonchev–Trinajstić information content (AvgIpc) is 2.82. The Morgan fingerprint density at radius 1 is 1.03 bits per heavy atom. The number of hydrogen-bond donors (Lipinski definition) is 2. The van der Waals surface area contributed by atoms with E-state index in [1.165, 1.54) is 18.2 Å². The number of carbonyl (C=O) groups excluding carboxylic acids is 1. The van der Waals surface area contributed by atoms with Crippen molar-refractivity contribution in [3.8, 4) is 5.75 Å². The van der Waals surface area contributed by atoms with Gasteiger partial charge in [0.2, 0.25) is 15.9 Å². The van der Waals surface area contributed by atoms with E-state index in [-0.39, 0.29) is 17.3 Å². The molecule has 1 amide bonds. The van der Waals surface area contributed by atoms with E-state index in [0.29, 0.717) is 12.2 Å². The van der Waals surface area contributed by atoms with E-state index in [1.807, 2.05) is 54.6 Å². The molecular weight excluding hydrogens is 504 g/mol. The summed E-state index contributed by atoms with van der Waals surface area (Å²) in [4.78, 5) is 12.5. The van der Waals surface area contributed by atoms with E-state index < -0.39 is 16.1 Å². The van der Waals surface area contributed by atoms with Crippen LogP contribution in [0.5, 0.6) is 5.75 Å². The van der Waals surface area contributed by atoms with Gasteiger partial charge in [-0.15, -0.1) is 0 Å².